The van der Waals surface area contributed by atoms with Crippen LogP contribution in [0.1, 0.15) is 60.3 Å². The van der Waals surface area contributed by atoms with Crippen molar-refractivity contribution in [1.82, 2.24) is 0 Å². The second-order valence-corrected chi connectivity index (χ2v) is 7.13. The van der Waals surface area contributed by atoms with E-state index in [9.17, 15) is 9.59 Å². The lowest BCUT2D eigenvalue weighted by molar-refractivity contribution is -0.153. The molecule has 4 atom stereocenters. The van der Waals surface area contributed by atoms with Gasteiger partial charge in [-0.15, -0.1) is 0 Å². The highest BCUT2D eigenvalue weighted by atomic mass is 16.5. The first-order chi connectivity index (χ1) is 10.8. The van der Waals surface area contributed by atoms with Crippen LogP contribution in [-0.2, 0) is 19.1 Å². The summed E-state index contributed by atoms with van der Waals surface area (Å²) in [5, 5.41) is 0. The van der Waals surface area contributed by atoms with Crippen molar-refractivity contribution >= 4 is 11.9 Å². The van der Waals surface area contributed by atoms with Crippen LogP contribution >= 0.6 is 0 Å². The first-order valence-electron chi connectivity index (χ1n) is 8.47. The van der Waals surface area contributed by atoms with Crippen LogP contribution in [0.5, 0.6) is 0 Å². The minimum Gasteiger partial charge on any atom is -0.462 e. The lowest BCUT2D eigenvalue weighted by atomic mass is 9.53. The van der Waals surface area contributed by atoms with Gasteiger partial charge in [0.05, 0.1) is 6.26 Å². The molecule has 0 aromatic carbocycles. The van der Waals surface area contributed by atoms with Gasteiger partial charge in [0.1, 0.15) is 6.10 Å². The summed E-state index contributed by atoms with van der Waals surface area (Å²) in [5.41, 5.74) is 2.37. The van der Waals surface area contributed by atoms with Gasteiger partial charge in [0.15, 0.2) is 0 Å². The normalized spacial score (nSPS) is 34.2. The average molecular weight is 320 g/mol. The topological polar surface area (TPSA) is 52.6 Å². The second-order valence-electron chi connectivity index (χ2n) is 7.13. The van der Waals surface area contributed by atoms with Gasteiger partial charge in [0.2, 0.25) is 0 Å². The van der Waals surface area contributed by atoms with E-state index >= 15 is 0 Å². The van der Waals surface area contributed by atoms with E-state index < -0.39 is 0 Å². The molecule has 1 saturated carbocycles. The molecule has 0 amide bonds. The fourth-order valence-corrected chi connectivity index (χ4v) is 4.43. The monoisotopic (exact) mass is 320 g/mol. The molecule has 0 N–H and O–H groups in total. The summed E-state index contributed by atoms with van der Waals surface area (Å²) in [6.45, 7) is 9.37. The number of ether oxygens (including phenoxy) is 2. The maximum absolute atomic E-state index is 11.6. The number of allylic oxidation sites excluding steroid dienone is 2. The van der Waals surface area contributed by atoms with E-state index in [0.717, 1.165) is 31.3 Å². The van der Waals surface area contributed by atoms with E-state index in [1.54, 1.807) is 6.26 Å². The molecule has 0 spiro atoms. The molecule has 0 aromatic heterocycles. The van der Waals surface area contributed by atoms with Crippen molar-refractivity contribution in [3.05, 3.63) is 23.5 Å². The zero-order valence-electron chi connectivity index (χ0n) is 14.8. The summed E-state index contributed by atoms with van der Waals surface area (Å²) in [6.07, 6.45) is 7.77. The van der Waals surface area contributed by atoms with E-state index in [1.807, 2.05) is 6.92 Å². The Kier molecular flexibility index (Phi) is 5.33. The fraction of sp³-hybridized carbons (Fsp3) is 0.684. The maximum Gasteiger partial charge on any atom is 0.307 e. The first kappa shape index (κ1) is 17.8. The van der Waals surface area contributed by atoms with Crippen molar-refractivity contribution in [3.63, 3.8) is 0 Å². The average Bonchev–Trinajstić information content (AvgIpc) is 2.45. The molecule has 2 rings (SSSR count). The predicted molar refractivity (Wildman–Crippen MR) is 88.4 cm³/mol. The number of carbonyl (C=O) groups is 2. The van der Waals surface area contributed by atoms with Gasteiger partial charge < -0.3 is 9.47 Å². The summed E-state index contributed by atoms with van der Waals surface area (Å²) in [7, 11) is 0. The van der Waals surface area contributed by atoms with Crippen molar-refractivity contribution in [3.8, 4) is 0 Å². The number of carbonyl (C=O) groups excluding carboxylic acids is 2. The molecule has 0 aromatic rings. The fourth-order valence-electron chi connectivity index (χ4n) is 4.43. The Bertz CT molecular complexity index is 546. The molecular formula is C19H28O4. The molecule has 4 heteroatoms. The third kappa shape index (κ3) is 3.51. The van der Waals surface area contributed by atoms with Crippen LogP contribution in [-0.4, -0.2) is 18.0 Å². The summed E-state index contributed by atoms with van der Waals surface area (Å²) >= 11 is 0. The molecule has 0 heterocycles. The second kappa shape index (κ2) is 6.90. The number of hydrogen-bond donors (Lipinski definition) is 0. The highest BCUT2D eigenvalue weighted by molar-refractivity contribution is 5.67. The van der Waals surface area contributed by atoms with Crippen LogP contribution in [0.3, 0.4) is 0 Å². The molecule has 2 aliphatic carbocycles. The van der Waals surface area contributed by atoms with E-state index in [1.165, 1.54) is 19.4 Å². The lowest BCUT2D eigenvalue weighted by Gasteiger charge is -2.52. The third-order valence-electron chi connectivity index (χ3n) is 5.64. The Labute approximate surface area is 138 Å². The van der Waals surface area contributed by atoms with Crippen molar-refractivity contribution in [2.24, 2.45) is 17.3 Å². The van der Waals surface area contributed by atoms with Gasteiger partial charge in [-0.3, -0.25) is 9.59 Å². The third-order valence-corrected chi connectivity index (χ3v) is 5.64. The Morgan fingerprint density at radius 3 is 2.52 bits per heavy atom. The van der Waals surface area contributed by atoms with Gasteiger partial charge in [-0.25, -0.2) is 0 Å². The van der Waals surface area contributed by atoms with Crippen molar-refractivity contribution in [2.45, 2.75) is 66.4 Å². The van der Waals surface area contributed by atoms with Gasteiger partial charge in [0.25, 0.3) is 0 Å². The minimum absolute atomic E-state index is 0.0426. The molecule has 0 saturated heterocycles. The Morgan fingerprint density at radius 1 is 1.22 bits per heavy atom. The van der Waals surface area contributed by atoms with Crippen molar-refractivity contribution in [1.29, 1.82) is 0 Å². The van der Waals surface area contributed by atoms with E-state index in [4.69, 9.17) is 9.47 Å². The summed E-state index contributed by atoms with van der Waals surface area (Å²) in [4.78, 5) is 22.7. The zero-order valence-corrected chi connectivity index (χ0v) is 14.8. The van der Waals surface area contributed by atoms with E-state index in [2.05, 4.69) is 19.9 Å². The first-order valence-corrected chi connectivity index (χ1v) is 8.47. The number of hydrogen-bond acceptors (Lipinski definition) is 4. The largest absolute Gasteiger partial charge is 0.462 e. The molecule has 128 valence electrons. The lowest BCUT2D eigenvalue weighted by Crippen LogP contribution is -2.49. The molecule has 0 bridgehead atoms. The van der Waals surface area contributed by atoms with Crippen molar-refractivity contribution in [2.75, 3.05) is 0 Å². The van der Waals surface area contributed by atoms with Crippen LogP contribution in [0.4, 0.5) is 0 Å². The highest BCUT2D eigenvalue weighted by Crippen LogP contribution is 2.56. The smallest absolute Gasteiger partial charge is 0.307 e. The molecule has 0 unspecified atom stereocenters. The number of esters is 2. The Balaban J connectivity index is 2.42. The van der Waals surface area contributed by atoms with Gasteiger partial charge in [0, 0.05) is 25.2 Å². The molecule has 0 aliphatic heterocycles. The molecular weight excluding hydrogens is 292 g/mol. The molecule has 0 radical (unpaired) electrons. The number of fused-ring (bicyclic) bond motifs is 1. The maximum atomic E-state index is 11.6. The van der Waals surface area contributed by atoms with Gasteiger partial charge in [-0.1, -0.05) is 25.5 Å². The van der Waals surface area contributed by atoms with Gasteiger partial charge in [-0.05, 0) is 44.1 Å². The van der Waals surface area contributed by atoms with Gasteiger partial charge in [-0.2, -0.15) is 0 Å². The van der Waals surface area contributed by atoms with Gasteiger partial charge >= 0.3 is 11.9 Å². The predicted octanol–water partition coefficient (Wildman–Crippen LogP) is 4.16. The summed E-state index contributed by atoms with van der Waals surface area (Å²) in [5.74, 6) is -0.0471. The van der Waals surface area contributed by atoms with E-state index in [0.29, 0.717) is 5.92 Å². The summed E-state index contributed by atoms with van der Waals surface area (Å²) in [6, 6.07) is 0. The molecule has 23 heavy (non-hydrogen) atoms. The molecule has 2 aliphatic rings. The minimum atomic E-state index is -0.332. The van der Waals surface area contributed by atoms with Crippen LogP contribution in [0.15, 0.2) is 23.5 Å². The Hall–Kier alpha value is -1.58. The van der Waals surface area contributed by atoms with Crippen LogP contribution < -0.4 is 0 Å². The SMILES string of the molecule is CC(=O)O/C=C(/C)[C@H]1[C@@H](OC(C)=O)CCC2=CCC[C@H](C)[C@]21C. The summed E-state index contributed by atoms with van der Waals surface area (Å²) < 4.78 is 10.8. The standard InChI is InChI=1S/C19H28O4/c1-12(11-22-14(3)20)18-17(23-15(4)21)10-9-16-8-6-7-13(2)19(16,18)5/h8,11,13,17-18H,6-7,9-10H2,1-5H3/b12-11-/t13-,17-,18-,19+/m0/s1. The van der Waals surface area contributed by atoms with E-state index in [-0.39, 0.29) is 29.4 Å². The highest BCUT2D eigenvalue weighted by Gasteiger charge is 2.51. The van der Waals surface area contributed by atoms with Crippen molar-refractivity contribution < 1.29 is 19.1 Å². The molecule has 4 nitrogen and oxygen atoms in total. The van der Waals surface area contributed by atoms with Crippen LogP contribution in [0.25, 0.3) is 0 Å². The molecule has 1 fully saturated rings. The van der Waals surface area contributed by atoms with Crippen LogP contribution in [0, 0.1) is 17.3 Å². The Morgan fingerprint density at radius 2 is 1.91 bits per heavy atom. The van der Waals surface area contributed by atoms with Crippen LogP contribution in [0.2, 0.25) is 0 Å². The zero-order chi connectivity index (χ0) is 17.2. The number of rotatable bonds is 3. The quantitative estimate of drug-likeness (QED) is 0.445.